The van der Waals surface area contributed by atoms with E-state index >= 15 is 0 Å². The quantitative estimate of drug-likeness (QED) is 0.894. The Morgan fingerprint density at radius 2 is 2.10 bits per heavy atom. The molecule has 5 heteroatoms. The Balaban J connectivity index is 1.85. The van der Waals surface area contributed by atoms with Crippen LogP contribution in [0.15, 0.2) is 6.20 Å². The summed E-state index contributed by atoms with van der Waals surface area (Å²) in [5.74, 6) is 1.19. The first-order valence-electron chi connectivity index (χ1n) is 7.72. The van der Waals surface area contributed by atoms with Gasteiger partial charge in [-0.1, -0.05) is 27.2 Å². The zero-order valence-electron chi connectivity index (χ0n) is 12.9. The number of carboxylic acids is 1. The van der Waals surface area contributed by atoms with Crippen molar-refractivity contribution < 1.29 is 9.90 Å². The Kier molecular flexibility index (Phi) is 3.38. The van der Waals surface area contributed by atoms with Crippen LogP contribution in [0, 0.1) is 11.8 Å². The normalized spacial score (nSPS) is 27.9. The minimum absolute atomic E-state index is 0.195. The highest BCUT2D eigenvalue weighted by molar-refractivity contribution is 5.89. The van der Waals surface area contributed by atoms with Crippen molar-refractivity contribution in [2.75, 3.05) is 5.32 Å². The smallest absolute Gasteiger partial charge is 0.339 e. The average Bonchev–Trinajstić information content (AvgIpc) is 2.99. The maximum Gasteiger partial charge on any atom is 0.339 e. The van der Waals surface area contributed by atoms with Crippen LogP contribution in [0.3, 0.4) is 0 Å². The van der Waals surface area contributed by atoms with Crippen molar-refractivity contribution >= 4 is 11.9 Å². The number of nitrogens with one attached hydrogen (secondary N) is 1. The minimum Gasteiger partial charge on any atom is -0.478 e. The molecule has 2 fully saturated rings. The van der Waals surface area contributed by atoms with Gasteiger partial charge in [-0.3, -0.25) is 0 Å². The summed E-state index contributed by atoms with van der Waals surface area (Å²) in [6, 6.07) is 0.451. The van der Waals surface area contributed by atoms with Crippen LogP contribution in [-0.4, -0.2) is 27.1 Å². The Morgan fingerprint density at radius 3 is 2.62 bits per heavy atom. The number of fused-ring (bicyclic) bond motifs is 2. The van der Waals surface area contributed by atoms with Crippen LogP contribution < -0.4 is 5.32 Å². The SMILES string of the molecule is CC(C)(C)c1nc(N[C@@H]2C[C@@H]3CC[C@H]2C3)ncc1C(=O)O. The van der Waals surface area contributed by atoms with Gasteiger partial charge in [-0.25, -0.2) is 14.8 Å². The fourth-order valence-electron chi connectivity index (χ4n) is 3.77. The van der Waals surface area contributed by atoms with Gasteiger partial charge in [0.05, 0.1) is 11.3 Å². The summed E-state index contributed by atoms with van der Waals surface area (Å²) in [6.07, 6.45) is 6.60. The molecule has 5 nitrogen and oxygen atoms in total. The number of anilines is 1. The highest BCUT2D eigenvalue weighted by Crippen LogP contribution is 2.45. The van der Waals surface area contributed by atoms with Gasteiger partial charge in [0.25, 0.3) is 0 Å². The van der Waals surface area contributed by atoms with Crippen molar-refractivity contribution in [1.82, 2.24) is 9.97 Å². The molecule has 2 aliphatic rings. The molecule has 0 amide bonds. The van der Waals surface area contributed by atoms with Gasteiger partial charge < -0.3 is 10.4 Å². The standard InChI is InChI=1S/C16H23N3O2/c1-16(2,3)13-11(14(20)21)8-17-15(19-13)18-12-7-9-4-5-10(12)6-9/h8-10,12H,4-7H2,1-3H3,(H,20,21)(H,17,18,19)/t9-,10+,12-/m1/s1. The second-order valence-corrected chi connectivity index (χ2v) is 7.44. The third-order valence-electron chi connectivity index (χ3n) is 4.78. The number of aromatic nitrogens is 2. The summed E-state index contributed by atoms with van der Waals surface area (Å²) in [5, 5.41) is 12.7. The van der Waals surface area contributed by atoms with Crippen LogP contribution in [0.1, 0.15) is 62.5 Å². The van der Waals surface area contributed by atoms with Gasteiger partial charge in [0.2, 0.25) is 5.95 Å². The number of nitrogens with zero attached hydrogens (tertiary/aromatic N) is 2. The second-order valence-electron chi connectivity index (χ2n) is 7.44. The third kappa shape index (κ3) is 2.74. The number of carbonyl (C=O) groups is 1. The molecule has 1 aromatic rings. The van der Waals surface area contributed by atoms with Crippen LogP contribution in [-0.2, 0) is 5.41 Å². The van der Waals surface area contributed by atoms with Crippen LogP contribution in [0.2, 0.25) is 0 Å². The molecule has 1 aromatic heterocycles. The van der Waals surface area contributed by atoms with E-state index in [4.69, 9.17) is 0 Å². The van der Waals surface area contributed by atoms with Crippen LogP contribution >= 0.6 is 0 Å². The number of carboxylic acid groups (broad SMARTS) is 1. The van der Waals surface area contributed by atoms with E-state index in [9.17, 15) is 9.90 Å². The zero-order chi connectivity index (χ0) is 15.2. The van der Waals surface area contributed by atoms with Crippen molar-refractivity contribution in [2.24, 2.45) is 11.8 Å². The topological polar surface area (TPSA) is 75.1 Å². The van der Waals surface area contributed by atoms with Crippen LogP contribution in [0.5, 0.6) is 0 Å². The second kappa shape index (κ2) is 4.97. The number of rotatable bonds is 3. The van der Waals surface area contributed by atoms with Gasteiger partial charge in [-0.05, 0) is 31.1 Å². The first-order chi connectivity index (χ1) is 9.84. The first kappa shape index (κ1) is 14.3. The molecule has 114 valence electrons. The fourth-order valence-corrected chi connectivity index (χ4v) is 3.77. The minimum atomic E-state index is -0.966. The molecule has 2 saturated carbocycles. The lowest BCUT2D eigenvalue weighted by Gasteiger charge is -2.25. The number of hydrogen-bond acceptors (Lipinski definition) is 4. The summed E-state index contributed by atoms with van der Waals surface area (Å²) < 4.78 is 0. The summed E-state index contributed by atoms with van der Waals surface area (Å²) in [4.78, 5) is 20.1. The molecule has 0 spiro atoms. The van der Waals surface area contributed by atoms with E-state index in [0.717, 1.165) is 11.8 Å². The molecular weight excluding hydrogens is 266 g/mol. The van der Waals surface area contributed by atoms with Gasteiger partial charge in [0.15, 0.2) is 0 Å². The molecule has 1 heterocycles. The third-order valence-corrected chi connectivity index (χ3v) is 4.78. The van der Waals surface area contributed by atoms with Crippen molar-refractivity contribution in [3.05, 3.63) is 17.5 Å². The van der Waals surface area contributed by atoms with E-state index < -0.39 is 5.97 Å². The fraction of sp³-hybridized carbons (Fsp3) is 0.688. The van der Waals surface area contributed by atoms with Gasteiger partial charge >= 0.3 is 5.97 Å². The van der Waals surface area contributed by atoms with Crippen molar-refractivity contribution in [3.63, 3.8) is 0 Å². The van der Waals surface area contributed by atoms with E-state index in [1.54, 1.807) is 0 Å². The molecule has 2 aliphatic carbocycles. The van der Waals surface area contributed by atoms with E-state index in [0.29, 0.717) is 17.7 Å². The first-order valence-corrected chi connectivity index (χ1v) is 7.72. The Hall–Kier alpha value is -1.65. The Morgan fingerprint density at radius 1 is 1.33 bits per heavy atom. The Bertz CT molecular complexity index is 565. The van der Waals surface area contributed by atoms with Gasteiger partial charge in [-0.15, -0.1) is 0 Å². The molecule has 0 saturated heterocycles. The summed E-state index contributed by atoms with van der Waals surface area (Å²) in [6.45, 7) is 5.93. The summed E-state index contributed by atoms with van der Waals surface area (Å²) in [5.41, 5.74) is 0.471. The lowest BCUT2D eigenvalue weighted by Crippen LogP contribution is -2.28. The molecule has 3 rings (SSSR count). The summed E-state index contributed by atoms with van der Waals surface area (Å²) in [7, 11) is 0. The van der Waals surface area contributed by atoms with Gasteiger partial charge in [0, 0.05) is 17.7 Å². The maximum absolute atomic E-state index is 11.3. The predicted molar refractivity (Wildman–Crippen MR) is 80.6 cm³/mol. The number of hydrogen-bond donors (Lipinski definition) is 2. The maximum atomic E-state index is 11.3. The molecule has 2 N–H and O–H groups in total. The van der Waals surface area contributed by atoms with Gasteiger partial charge in [0.1, 0.15) is 0 Å². The molecule has 3 atom stereocenters. The van der Waals surface area contributed by atoms with E-state index in [-0.39, 0.29) is 11.0 Å². The largest absolute Gasteiger partial charge is 0.478 e. The van der Waals surface area contributed by atoms with Crippen LogP contribution in [0.4, 0.5) is 5.95 Å². The van der Waals surface area contributed by atoms with E-state index in [1.165, 1.54) is 31.9 Å². The molecule has 0 aliphatic heterocycles. The zero-order valence-corrected chi connectivity index (χ0v) is 12.9. The molecular formula is C16H23N3O2. The highest BCUT2D eigenvalue weighted by Gasteiger charge is 2.39. The van der Waals surface area contributed by atoms with Crippen LogP contribution in [0.25, 0.3) is 0 Å². The van der Waals surface area contributed by atoms with E-state index in [1.807, 2.05) is 20.8 Å². The average molecular weight is 289 g/mol. The number of aromatic carboxylic acids is 1. The van der Waals surface area contributed by atoms with Gasteiger partial charge in [-0.2, -0.15) is 0 Å². The lowest BCUT2D eigenvalue weighted by atomic mass is 9.89. The lowest BCUT2D eigenvalue weighted by molar-refractivity contribution is 0.0693. The molecule has 0 aromatic carbocycles. The Labute approximate surface area is 125 Å². The molecule has 0 radical (unpaired) electrons. The molecule has 21 heavy (non-hydrogen) atoms. The van der Waals surface area contributed by atoms with Crippen molar-refractivity contribution in [3.8, 4) is 0 Å². The molecule has 2 bridgehead atoms. The van der Waals surface area contributed by atoms with Crippen molar-refractivity contribution in [2.45, 2.75) is 57.9 Å². The van der Waals surface area contributed by atoms with E-state index in [2.05, 4.69) is 15.3 Å². The highest BCUT2D eigenvalue weighted by atomic mass is 16.4. The molecule has 0 unspecified atom stereocenters. The summed E-state index contributed by atoms with van der Waals surface area (Å²) >= 11 is 0. The van der Waals surface area contributed by atoms with Crippen molar-refractivity contribution in [1.29, 1.82) is 0 Å². The predicted octanol–water partition coefficient (Wildman–Crippen LogP) is 3.07. The monoisotopic (exact) mass is 289 g/mol.